The van der Waals surface area contributed by atoms with Crippen molar-refractivity contribution in [3.05, 3.63) is 88.2 Å². The molecular weight excluding hydrogens is 459 g/mol. The lowest BCUT2D eigenvalue weighted by Crippen LogP contribution is -2.13. The van der Waals surface area contributed by atoms with Crippen molar-refractivity contribution in [2.75, 3.05) is 19.0 Å². The van der Waals surface area contributed by atoms with Gasteiger partial charge >= 0.3 is 0 Å². The minimum atomic E-state index is -0.582. The van der Waals surface area contributed by atoms with E-state index in [1.165, 1.54) is 25.3 Å². The summed E-state index contributed by atoms with van der Waals surface area (Å²) in [6, 6.07) is 18.0. The highest BCUT2D eigenvalue weighted by Gasteiger charge is 2.15. The lowest BCUT2D eigenvalue weighted by molar-refractivity contribution is -0.112. The van der Waals surface area contributed by atoms with Gasteiger partial charge in [-0.05, 0) is 61.0 Å². The minimum absolute atomic E-state index is 0.0497. The molecule has 0 aromatic heterocycles. The molecule has 6 nitrogen and oxygen atoms in total. The van der Waals surface area contributed by atoms with Crippen LogP contribution in [0.3, 0.4) is 0 Å². The molecule has 0 aliphatic rings. The van der Waals surface area contributed by atoms with Crippen molar-refractivity contribution >= 4 is 29.3 Å². The van der Waals surface area contributed by atoms with Crippen LogP contribution in [0, 0.1) is 17.1 Å². The fourth-order valence-electron chi connectivity index (χ4n) is 3.04. The summed E-state index contributed by atoms with van der Waals surface area (Å²) < 4.78 is 30.3. The highest BCUT2D eigenvalue weighted by Crippen LogP contribution is 2.37. The number of hydrogen-bond acceptors (Lipinski definition) is 5. The number of nitrogens with zero attached hydrogens (tertiary/aromatic N) is 1. The Bertz CT molecular complexity index is 1240. The van der Waals surface area contributed by atoms with Crippen LogP contribution < -0.4 is 19.5 Å². The van der Waals surface area contributed by atoms with E-state index in [0.717, 1.165) is 0 Å². The molecule has 0 bridgehead atoms. The molecule has 3 aromatic carbocycles. The van der Waals surface area contributed by atoms with Crippen LogP contribution in [0.2, 0.25) is 5.02 Å². The molecule has 1 N–H and O–H groups in total. The largest absolute Gasteiger partial charge is 0.494 e. The van der Waals surface area contributed by atoms with Gasteiger partial charge in [-0.2, -0.15) is 5.26 Å². The van der Waals surface area contributed by atoms with E-state index >= 15 is 0 Å². The van der Waals surface area contributed by atoms with Gasteiger partial charge in [0.2, 0.25) is 0 Å². The number of carbonyl (C=O) groups is 1. The standard InChI is InChI=1S/C26H22ClFN2O4/c1-3-33-21-10-8-20(9-11-21)30-26(31)19(15-29)12-17-13-22(27)25(24(14-17)32-2)34-16-18-6-4-5-7-23(18)28/h4-14H,3,16H2,1-2H3,(H,30,31)/b19-12-. The number of methoxy groups -OCH3 is 1. The summed E-state index contributed by atoms with van der Waals surface area (Å²) in [6.07, 6.45) is 1.39. The van der Waals surface area contributed by atoms with Crippen LogP contribution in [0.25, 0.3) is 6.08 Å². The van der Waals surface area contributed by atoms with Crippen molar-refractivity contribution in [2.45, 2.75) is 13.5 Å². The first-order valence-electron chi connectivity index (χ1n) is 10.3. The predicted octanol–water partition coefficient (Wildman–Crippen LogP) is 6.01. The maximum Gasteiger partial charge on any atom is 0.266 e. The van der Waals surface area contributed by atoms with Gasteiger partial charge in [-0.3, -0.25) is 4.79 Å². The van der Waals surface area contributed by atoms with Gasteiger partial charge in [0.1, 0.15) is 29.8 Å². The highest BCUT2D eigenvalue weighted by molar-refractivity contribution is 6.32. The molecule has 3 rings (SSSR count). The fourth-order valence-corrected chi connectivity index (χ4v) is 3.32. The van der Waals surface area contributed by atoms with Gasteiger partial charge in [0.25, 0.3) is 5.91 Å². The topological polar surface area (TPSA) is 80.6 Å². The first kappa shape index (κ1) is 24.6. The third-order valence-electron chi connectivity index (χ3n) is 4.68. The normalized spacial score (nSPS) is 10.9. The number of nitrogens with one attached hydrogen (secondary N) is 1. The maximum absolute atomic E-state index is 13.9. The van der Waals surface area contributed by atoms with E-state index in [1.54, 1.807) is 48.5 Å². The van der Waals surface area contributed by atoms with E-state index in [2.05, 4.69) is 5.32 Å². The molecule has 34 heavy (non-hydrogen) atoms. The van der Waals surface area contributed by atoms with Crippen molar-refractivity contribution in [3.63, 3.8) is 0 Å². The van der Waals surface area contributed by atoms with Gasteiger partial charge in [-0.1, -0.05) is 29.8 Å². The van der Waals surface area contributed by atoms with E-state index in [0.29, 0.717) is 29.2 Å². The minimum Gasteiger partial charge on any atom is -0.494 e. The molecule has 0 unspecified atom stereocenters. The number of halogens is 2. The molecule has 8 heteroatoms. The summed E-state index contributed by atoms with van der Waals surface area (Å²) >= 11 is 6.37. The number of rotatable bonds is 9. The molecule has 0 fully saturated rings. The van der Waals surface area contributed by atoms with Crippen molar-refractivity contribution in [1.29, 1.82) is 5.26 Å². The molecule has 1 amide bonds. The Kier molecular flexibility index (Phi) is 8.49. The maximum atomic E-state index is 13.9. The van der Waals surface area contributed by atoms with Crippen LogP contribution in [0.15, 0.2) is 66.2 Å². The molecule has 0 saturated carbocycles. The summed E-state index contributed by atoms with van der Waals surface area (Å²) in [7, 11) is 1.43. The van der Waals surface area contributed by atoms with Gasteiger partial charge in [0, 0.05) is 11.3 Å². The quantitative estimate of drug-likeness (QED) is 0.299. The van der Waals surface area contributed by atoms with Crippen LogP contribution in [-0.2, 0) is 11.4 Å². The third kappa shape index (κ3) is 6.27. The lowest BCUT2D eigenvalue weighted by atomic mass is 10.1. The number of amides is 1. The monoisotopic (exact) mass is 480 g/mol. The Morgan fingerprint density at radius 3 is 2.53 bits per heavy atom. The van der Waals surface area contributed by atoms with Crippen LogP contribution in [-0.4, -0.2) is 19.6 Å². The highest BCUT2D eigenvalue weighted by atomic mass is 35.5. The molecule has 0 heterocycles. The fraction of sp³-hybridized carbons (Fsp3) is 0.154. The van der Waals surface area contributed by atoms with Crippen LogP contribution in [0.1, 0.15) is 18.1 Å². The van der Waals surface area contributed by atoms with Crippen molar-refractivity contribution in [2.24, 2.45) is 0 Å². The number of nitriles is 1. The molecule has 3 aromatic rings. The Hall–Kier alpha value is -4.02. The molecule has 0 spiro atoms. The number of anilines is 1. The number of hydrogen-bond donors (Lipinski definition) is 1. The van der Waals surface area contributed by atoms with E-state index < -0.39 is 11.7 Å². The summed E-state index contributed by atoms with van der Waals surface area (Å²) in [5, 5.41) is 12.4. The van der Waals surface area contributed by atoms with E-state index in [1.807, 2.05) is 13.0 Å². The Morgan fingerprint density at radius 2 is 1.88 bits per heavy atom. The van der Waals surface area contributed by atoms with Gasteiger partial charge < -0.3 is 19.5 Å². The lowest BCUT2D eigenvalue weighted by Gasteiger charge is -2.14. The zero-order valence-corrected chi connectivity index (χ0v) is 19.4. The third-order valence-corrected chi connectivity index (χ3v) is 4.96. The van der Waals surface area contributed by atoms with Crippen molar-refractivity contribution < 1.29 is 23.4 Å². The summed E-state index contributed by atoms with van der Waals surface area (Å²) in [4.78, 5) is 12.6. The van der Waals surface area contributed by atoms with Crippen molar-refractivity contribution in [3.8, 4) is 23.3 Å². The first-order chi connectivity index (χ1) is 16.4. The molecular formula is C26H22ClFN2O4. The van der Waals surface area contributed by atoms with E-state index in [9.17, 15) is 14.4 Å². The second kappa shape index (κ2) is 11.7. The molecule has 0 radical (unpaired) electrons. The van der Waals surface area contributed by atoms with Gasteiger partial charge in [0.15, 0.2) is 11.5 Å². The second-order valence-corrected chi connectivity index (χ2v) is 7.40. The van der Waals surface area contributed by atoms with Crippen LogP contribution in [0.4, 0.5) is 10.1 Å². The number of ether oxygens (including phenoxy) is 3. The number of carbonyl (C=O) groups excluding carboxylic acids is 1. The second-order valence-electron chi connectivity index (χ2n) is 7.00. The SMILES string of the molecule is CCOc1ccc(NC(=O)/C(C#N)=C\c2cc(Cl)c(OCc3ccccc3F)c(OC)c2)cc1. The molecule has 174 valence electrons. The average molecular weight is 481 g/mol. The number of benzene rings is 3. The molecule has 0 aliphatic heterocycles. The average Bonchev–Trinajstić information content (AvgIpc) is 2.83. The smallest absolute Gasteiger partial charge is 0.266 e. The predicted molar refractivity (Wildman–Crippen MR) is 129 cm³/mol. The van der Waals surface area contributed by atoms with Gasteiger partial charge in [-0.25, -0.2) is 4.39 Å². The Morgan fingerprint density at radius 1 is 1.15 bits per heavy atom. The van der Waals surface area contributed by atoms with E-state index in [-0.39, 0.29) is 28.7 Å². The zero-order valence-electron chi connectivity index (χ0n) is 18.6. The molecule has 0 atom stereocenters. The first-order valence-corrected chi connectivity index (χ1v) is 10.7. The van der Waals surface area contributed by atoms with Gasteiger partial charge in [0.05, 0.1) is 18.7 Å². The summed E-state index contributed by atoms with van der Waals surface area (Å²) in [5.74, 6) is 0.202. The van der Waals surface area contributed by atoms with Gasteiger partial charge in [-0.15, -0.1) is 0 Å². The van der Waals surface area contributed by atoms with E-state index in [4.69, 9.17) is 25.8 Å². The Labute approximate surface area is 202 Å². The van der Waals surface area contributed by atoms with Crippen LogP contribution in [0.5, 0.6) is 17.2 Å². The van der Waals surface area contributed by atoms with Crippen molar-refractivity contribution in [1.82, 2.24) is 0 Å². The molecule has 0 aliphatic carbocycles. The molecule has 0 saturated heterocycles. The summed E-state index contributed by atoms with van der Waals surface area (Å²) in [5.41, 5.74) is 1.20. The summed E-state index contributed by atoms with van der Waals surface area (Å²) in [6.45, 7) is 2.36. The zero-order chi connectivity index (χ0) is 24.5. The van der Waals surface area contributed by atoms with Crippen LogP contribution >= 0.6 is 11.6 Å². The Balaban J connectivity index is 1.78.